The van der Waals surface area contributed by atoms with Gasteiger partial charge in [0.15, 0.2) is 0 Å². The molecule has 0 saturated carbocycles. The third-order valence-electron chi connectivity index (χ3n) is 2.52. The van der Waals surface area contributed by atoms with Gasteiger partial charge >= 0.3 is 12.4 Å². The zero-order valence-electron chi connectivity index (χ0n) is 10.9. The molecular weight excluding hydrogens is 302 g/mol. The Balaban J connectivity index is 3.18. The summed E-state index contributed by atoms with van der Waals surface area (Å²) in [6.45, 7) is 1.87. The number of benzene rings is 1. The summed E-state index contributed by atoms with van der Waals surface area (Å²) in [6, 6.07) is 1.41. The molecule has 1 aromatic carbocycles. The van der Waals surface area contributed by atoms with Crippen LogP contribution < -0.4 is 4.74 Å². The lowest BCUT2D eigenvalue weighted by molar-refractivity contribution is -0.137. The highest BCUT2D eigenvalue weighted by atomic mass is 19.4. The monoisotopic (exact) mass is 314 g/mol. The summed E-state index contributed by atoms with van der Waals surface area (Å²) >= 11 is 0. The van der Waals surface area contributed by atoms with Crippen molar-refractivity contribution in [3.05, 3.63) is 29.3 Å². The minimum atomic E-state index is -5.25. The highest BCUT2D eigenvalue weighted by Crippen LogP contribution is 2.34. The number of rotatable bonds is 5. The van der Waals surface area contributed by atoms with E-state index in [2.05, 4.69) is 0 Å². The van der Waals surface area contributed by atoms with E-state index in [1.807, 2.05) is 6.92 Å². The van der Waals surface area contributed by atoms with E-state index in [0.717, 1.165) is 0 Å². The average molecular weight is 314 g/mol. The Bertz CT molecular complexity index is 504. The van der Waals surface area contributed by atoms with Gasteiger partial charge in [-0.15, -0.1) is 0 Å². The van der Waals surface area contributed by atoms with Crippen molar-refractivity contribution >= 4 is 5.78 Å². The second-order valence-corrected chi connectivity index (χ2v) is 4.27. The van der Waals surface area contributed by atoms with Crippen LogP contribution in [-0.2, 0) is 6.18 Å². The van der Waals surface area contributed by atoms with Crippen LogP contribution in [0, 0.1) is 0 Å². The summed E-state index contributed by atoms with van der Waals surface area (Å²) in [4.78, 5) is 11.1. The molecule has 0 fully saturated rings. The standard InChI is InChI=1S/C13H12F6O2/c1-2-3-4-21-10-6-8(11(20)13(17,18)19)5-9(7-10)12(14,15)16/h5-7H,2-4H2,1H3. The fourth-order valence-corrected chi connectivity index (χ4v) is 1.48. The number of ether oxygens (including phenoxy) is 1. The van der Waals surface area contributed by atoms with E-state index in [-0.39, 0.29) is 12.7 Å². The van der Waals surface area contributed by atoms with Gasteiger partial charge < -0.3 is 4.74 Å². The molecule has 0 amide bonds. The predicted octanol–water partition coefficient (Wildman–Crippen LogP) is 4.63. The molecule has 0 radical (unpaired) electrons. The second-order valence-electron chi connectivity index (χ2n) is 4.27. The molecule has 1 rings (SSSR count). The Morgan fingerprint density at radius 3 is 2.19 bits per heavy atom. The van der Waals surface area contributed by atoms with Gasteiger partial charge in [0.2, 0.25) is 0 Å². The van der Waals surface area contributed by atoms with Crippen LogP contribution in [0.1, 0.15) is 35.7 Å². The van der Waals surface area contributed by atoms with Gasteiger partial charge in [-0.3, -0.25) is 4.79 Å². The molecule has 0 saturated heterocycles. The fourth-order valence-electron chi connectivity index (χ4n) is 1.48. The first-order valence-electron chi connectivity index (χ1n) is 6.02. The number of ketones is 1. The van der Waals surface area contributed by atoms with E-state index in [9.17, 15) is 31.1 Å². The van der Waals surface area contributed by atoms with Crippen LogP contribution in [0.2, 0.25) is 0 Å². The van der Waals surface area contributed by atoms with Gasteiger partial charge in [0.1, 0.15) is 5.75 Å². The van der Waals surface area contributed by atoms with Crippen molar-refractivity contribution in [1.82, 2.24) is 0 Å². The molecule has 2 nitrogen and oxygen atoms in total. The van der Waals surface area contributed by atoms with E-state index in [0.29, 0.717) is 25.0 Å². The Hall–Kier alpha value is -1.73. The van der Waals surface area contributed by atoms with Crippen molar-refractivity contribution in [3.8, 4) is 5.75 Å². The lowest BCUT2D eigenvalue weighted by Gasteiger charge is -2.13. The molecular formula is C13H12F6O2. The highest BCUT2D eigenvalue weighted by molar-refractivity contribution is 6.00. The van der Waals surface area contributed by atoms with Crippen LogP contribution in [0.5, 0.6) is 5.75 Å². The molecule has 0 unspecified atom stereocenters. The number of Topliss-reactive ketones (excluding diaryl/α,β-unsaturated/α-hetero) is 1. The summed E-state index contributed by atoms with van der Waals surface area (Å²) < 4.78 is 79.9. The maximum Gasteiger partial charge on any atom is 0.454 e. The van der Waals surface area contributed by atoms with Crippen LogP contribution in [0.25, 0.3) is 0 Å². The lowest BCUT2D eigenvalue weighted by atomic mass is 10.1. The maximum atomic E-state index is 12.6. The van der Waals surface area contributed by atoms with E-state index in [1.165, 1.54) is 0 Å². The van der Waals surface area contributed by atoms with Crippen molar-refractivity contribution in [1.29, 1.82) is 0 Å². The number of halogens is 6. The van der Waals surface area contributed by atoms with Crippen molar-refractivity contribution in [2.45, 2.75) is 32.1 Å². The molecule has 8 heteroatoms. The SMILES string of the molecule is CCCCOc1cc(C(=O)C(F)(F)F)cc(C(F)(F)F)c1. The first-order valence-corrected chi connectivity index (χ1v) is 6.02. The normalized spacial score (nSPS) is 12.3. The van der Waals surface area contributed by atoms with E-state index < -0.39 is 35.0 Å². The first-order chi connectivity index (χ1) is 9.55. The summed E-state index contributed by atoms with van der Waals surface area (Å²) in [5, 5.41) is 0. The second kappa shape index (κ2) is 6.36. The van der Waals surface area contributed by atoms with Crippen molar-refractivity contribution < 1.29 is 35.9 Å². The van der Waals surface area contributed by atoms with Crippen LogP contribution in [-0.4, -0.2) is 18.6 Å². The Morgan fingerprint density at radius 1 is 1.10 bits per heavy atom. The predicted molar refractivity (Wildman–Crippen MR) is 62.2 cm³/mol. The van der Waals surface area contributed by atoms with Gasteiger partial charge in [0.05, 0.1) is 12.2 Å². The quantitative estimate of drug-likeness (QED) is 0.450. The molecule has 0 bridgehead atoms. The van der Waals surface area contributed by atoms with Crippen molar-refractivity contribution in [2.75, 3.05) is 6.61 Å². The molecule has 0 aliphatic heterocycles. The average Bonchev–Trinajstić information content (AvgIpc) is 2.35. The van der Waals surface area contributed by atoms with Crippen molar-refractivity contribution in [3.63, 3.8) is 0 Å². The van der Waals surface area contributed by atoms with Gasteiger partial charge in [-0.1, -0.05) is 13.3 Å². The molecule has 0 heterocycles. The Kier molecular flexibility index (Phi) is 5.25. The minimum absolute atomic E-state index is 0.0530. The highest BCUT2D eigenvalue weighted by Gasteiger charge is 2.41. The summed E-state index contributed by atoms with van der Waals surface area (Å²) in [5.74, 6) is -2.75. The first kappa shape index (κ1) is 17.3. The van der Waals surface area contributed by atoms with Crippen LogP contribution in [0.4, 0.5) is 26.3 Å². The number of hydrogen-bond acceptors (Lipinski definition) is 2. The summed E-state index contributed by atoms with van der Waals surface area (Å²) in [5.41, 5.74) is -2.45. The fraction of sp³-hybridized carbons (Fsp3) is 0.462. The van der Waals surface area contributed by atoms with Gasteiger partial charge in [-0.05, 0) is 24.6 Å². The molecule has 0 N–H and O–H groups in total. The molecule has 0 spiro atoms. The van der Waals surface area contributed by atoms with Gasteiger partial charge in [0, 0.05) is 5.56 Å². The number of alkyl halides is 6. The van der Waals surface area contributed by atoms with E-state index >= 15 is 0 Å². The lowest BCUT2D eigenvalue weighted by Crippen LogP contribution is -2.23. The topological polar surface area (TPSA) is 26.3 Å². The maximum absolute atomic E-state index is 12.6. The molecule has 1 aromatic rings. The number of carbonyl (C=O) groups is 1. The van der Waals surface area contributed by atoms with E-state index in [4.69, 9.17) is 4.74 Å². The smallest absolute Gasteiger partial charge is 0.454 e. The molecule has 21 heavy (non-hydrogen) atoms. The van der Waals surface area contributed by atoms with Crippen LogP contribution in [0.15, 0.2) is 18.2 Å². The zero-order valence-corrected chi connectivity index (χ0v) is 10.9. The molecule has 0 atom stereocenters. The number of carbonyl (C=O) groups excluding carboxylic acids is 1. The third-order valence-corrected chi connectivity index (χ3v) is 2.52. The summed E-state index contributed by atoms with van der Waals surface area (Å²) in [6.07, 6.45) is -8.89. The zero-order chi connectivity index (χ0) is 16.3. The molecule has 118 valence electrons. The van der Waals surface area contributed by atoms with Crippen LogP contribution >= 0.6 is 0 Å². The molecule has 0 aliphatic carbocycles. The van der Waals surface area contributed by atoms with Gasteiger partial charge in [-0.2, -0.15) is 26.3 Å². The van der Waals surface area contributed by atoms with Crippen LogP contribution in [0.3, 0.4) is 0 Å². The summed E-state index contributed by atoms with van der Waals surface area (Å²) in [7, 11) is 0. The van der Waals surface area contributed by atoms with Gasteiger partial charge in [0.25, 0.3) is 5.78 Å². The Labute approximate surface area is 116 Å². The van der Waals surface area contributed by atoms with Crippen molar-refractivity contribution in [2.24, 2.45) is 0 Å². The Morgan fingerprint density at radius 2 is 1.71 bits per heavy atom. The minimum Gasteiger partial charge on any atom is -0.494 e. The molecule has 0 aliphatic rings. The van der Waals surface area contributed by atoms with E-state index in [1.54, 1.807) is 0 Å². The largest absolute Gasteiger partial charge is 0.494 e. The third kappa shape index (κ3) is 4.95. The molecule has 0 aromatic heterocycles. The number of hydrogen-bond donors (Lipinski definition) is 0. The van der Waals surface area contributed by atoms with Gasteiger partial charge in [-0.25, -0.2) is 0 Å². The number of unbranched alkanes of at least 4 members (excludes halogenated alkanes) is 1.